The minimum absolute atomic E-state index is 0.0155. The summed E-state index contributed by atoms with van der Waals surface area (Å²) in [6.45, 7) is 7.00. The number of nitrogens with two attached hydrogens (primary N) is 1. The predicted molar refractivity (Wildman–Crippen MR) is 266 cm³/mol. The van der Waals surface area contributed by atoms with Gasteiger partial charge < -0.3 is 45.7 Å². The largest absolute Gasteiger partial charge is 0.458 e. The third-order valence-electron chi connectivity index (χ3n) is 13.2. The Labute approximate surface area is 423 Å². The van der Waals surface area contributed by atoms with Crippen molar-refractivity contribution >= 4 is 50.3 Å². The average Bonchev–Trinajstić information content (AvgIpc) is 3.70. The van der Waals surface area contributed by atoms with Crippen LogP contribution in [0.25, 0.3) is 22.3 Å². The second-order valence-corrected chi connectivity index (χ2v) is 21.0. The minimum Gasteiger partial charge on any atom is -0.458 e. The van der Waals surface area contributed by atoms with Gasteiger partial charge in [-0.1, -0.05) is 32.6 Å². The van der Waals surface area contributed by atoms with Gasteiger partial charge in [-0.2, -0.15) is 0 Å². The highest BCUT2D eigenvalue weighted by Crippen LogP contribution is 2.41. The number of fused-ring (bicyclic) bond motifs is 5. The smallest absolute Gasteiger partial charge is 0.343 e. The van der Waals surface area contributed by atoms with Gasteiger partial charge in [0, 0.05) is 54.3 Å². The first kappa shape index (κ1) is 55.6. The number of unbranched alkanes of at least 4 members (excludes halogenated alkanes) is 1. The zero-order valence-electron chi connectivity index (χ0n) is 42.2. The topological polar surface area (TPSA) is 284 Å². The molecule has 2 aliphatic rings. The van der Waals surface area contributed by atoms with Crippen molar-refractivity contribution < 1.29 is 51.4 Å². The number of benzene rings is 1. The Morgan fingerprint density at radius 2 is 1.77 bits per heavy atom. The fourth-order valence-electron chi connectivity index (χ4n) is 9.21. The number of aliphatic hydroxyl groups is 1. The summed E-state index contributed by atoms with van der Waals surface area (Å²) < 4.78 is 50.8. The zero-order valence-corrected chi connectivity index (χ0v) is 43.0. The van der Waals surface area contributed by atoms with Gasteiger partial charge in [-0.15, -0.1) is 0 Å². The molecule has 0 fully saturated rings. The number of carbonyl (C=O) groups excluding carboxylic acids is 5. The monoisotopic (exact) mass is 1030 g/mol. The Morgan fingerprint density at radius 3 is 2.42 bits per heavy atom. The van der Waals surface area contributed by atoms with E-state index in [1.807, 2.05) is 19.0 Å². The van der Waals surface area contributed by atoms with Crippen molar-refractivity contribution in [3.63, 3.8) is 0 Å². The highest BCUT2D eigenvalue weighted by molar-refractivity contribution is 7.90. The van der Waals surface area contributed by atoms with E-state index in [-0.39, 0.29) is 74.4 Å². The first-order valence-corrected chi connectivity index (χ1v) is 26.1. The molecule has 6 rings (SSSR count). The van der Waals surface area contributed by atoms with E-state index in [2.05, 4.69) is 37.8 Å². The number of rotatable bonds is 23. The number of aryl methyl sites for hydroxylation is 2. The molecule has 73 heavy (non-hydrogen) atoms. The fraction of sp³-hybridized carbons (Fsp3) is 0.510. The van der Waals surface area contributed by atoms with Gasteiger partial charge in [0.05, 0.1) is 53.0 Å². The molecule has 6 N–H and O–H groups in total. The van der Waals surface area contributed by atoms with Crippen LogP contribution in [-0.4, -0.2) is 120 Å². The number of nitrogens with zero attached hydrogens (tertiary/aromatic N) is 5. The first-order chi connectivity index (χ1) is 34.5. The molecule has 0 bridgehead atoms. The molecule has 1 aromatic carbocycles. The number of carbonyl (C=O) groups is 5. The maximum absolute atomic E-state index is 15.0. The maximum atomic E-state index is 15.0. The quantitative estimate of drug-likeness (QED) is 0.0206. The summed E-state index contributed by atoms with van der Waals surface area (Å²) in [6, 6.07) is 3.62. The summed E-state index contributed by atoms with van der Waals surface area (Å²) in [5.41, 5.74) is 7.30. The van der Waals surface area contributed by atoms with Crippen LogP contribution < -0.4 is 27.2 Å². The van der Waals surface area contributed by atoms with E-state index in [9.17, 15) is 46.7 Å². The number of hydrogen-bond donors (Lipinski definition) is 5. The molecule has 22 heteroatoms. The molecule has 0 spiro atoms. The van der Waals surface area contributed by atoms with Crippen molar-refractivity contribution in [3.05, 3.63) is 80.1 Å². The van der Waals surface area contributed by atoms with Gasteiger partial charge in [-0.3, -0.25) is 24.0 Å². The van der Waals surface area contributed by atoms with Gasteiger partial charge >= 0.3 is 5.97 Å². The van der Waals surface area contributed by atoms with Crippen molar-refractivity contribution in [3.8, 4) is 23.2 Å². The highest BCUT2D eigenvalue weighted by atomic mass is 32.2. The van der Waals surface area contributed by atoms with Gasteiger partial charge in [-0.05, 0) is 102 Å². The van der Waals surface area contributed by atoms with E-state index in [0.717, 1.165) is 30.3 Å². The lowest BCUT2D eigenvalue weighted by Gasteiger charge is -2.31. The second kappa shape index (κ2) is 23.9. The van der Waals surface area contributed by atoms with Crippen molar-refractivity contribution in [2.75, 3.05) is 46.8 Å². The summed E-state index contributed by atoms with van der Waals surface area (Å²) in [5, 5.41) is 19.7. The Kier molecular flexibility index (Phi) is 18.2. The molecule has 3 aromatic heterocycles. The standard InChI is InChI=1S/C51H64FN9O11S/c1-8-51(68)37-21-41-44-35(26-61(41)48(66)36(37)27-72-49(51)67)32(34-20-30(4)38(52)22-40(34)58-44)16-13-19-71-28-57-42(62)25-54-46(64)39(17-11-12-18-60(5)6)59-47(65)43(29(2)3)33(45(53)63)15-10-9-14-31-23-55-50(56-24-31)73(7,69)70/h20-24,29,33,39,43,68H,8,10-13,15-19,25-28H2,1-7H3,(H2,53,63)(H,54,64)(H,57,62)(H,59,65)/t33?,39-,43-,51-/m0/s1. The molecule has 4 aromatic rings. The van der Waals surface area contributed by atoms with Gasteiger partial charge in [0.1, 0.15) is 25.2 Å². The molecular weight excluding hydrogens is 966 g/mol. The van der Waals surface area contributed by atoms with Crippen LogP contribution in [0.5, 0.6) is 0 Å². The number of ether oxygens (including phenoxy) is 2. The van der Waals surface area contributed by atoms with Crippen LogP contribution in [0.3, 0.4) is 0 Å². The SMILES string of the molecule is CC[C@@]1(O)C(=O)OCc2c1cc1n(c2=O)Cc2c-1nc1cc(F)c(C)cc1c2CCCOCNC(=O)CNC(=O)[C@H](CCCCN(C)C)NC(=O)[C@@H](C(C)C)C(CCC#Cc1cnc(S(C)(=O)=O)nc1)C(N)=O. The third-order valence-corrected chi connectivity index (χ3v) is 14.0. The van der Waals surface area contributed by atoms with E-state index >= 15 is 0 Å². The molecule has 4 atom stereocenters. The fourth-order valence-corrected chi connectivity index (χ4v) is 9.70. The van der Waals surface area contributed by atoms with E-state index < -0.39 is 80.8 Å². The Morgan fingerprint density at radius 1 is 1.04 bits per heavy atom. The lowest BCUT2D eigenvalue weighted by molar-refractivity contribution is -0.172. The second-order valence-electron chi connectivity index (χ2n) is 19.1. The number of halogens is 1. The van der Waals surface area contributed by atoms with E-state index in [4.69, 9.17) is 20.2 Å². The first-order valence-electron chi connectivity index (χ1n) is 24.2. The molecular formula is C51H64FN9O11S. The number of esters is 1. The van der Waals surface area contributed by atoms with Crippen LogP contribution in [-0.2, 0) is 68.5 Å². The van der Waals surface area contributed by atoms with Gasteiger partial charge in [0.15, 0.2) is 5.60 Å². The van der Waals surface area contributed by atoms with Crippen molar-refractivity contribution in [2.45, 2.75) is 109 Å². The lowest BCUT2D eigenvalue weighted by atomic mass is 9.79. The molecule has 0 radical (unpaired) electrons. The molecule has 5 heterocycles. The van der Waals surface area contributed by atoms with Crippen molar-refractivity contribution in [1.29, 1.82) is 0 Å². The molecule has 0 saturated carbocycles. The van der Waals surface area contributed by atoms with Crippen LogP contribution in [0.2, 0.25) is 0 Å². The molecule has 392 valence electrons. The number of hydrogen-bond acceptors (Lipinski definition) is 15. The molecule has 20 nitrogen and oxygen atoms in total. The van der Waals surface area contributed by atoms with Crippen LogP contribution in [0.4, 0.5) is 4.39 Å². The van der Waals surface area contributed by atoms with E-state index in [1.54, 1.807) is 39.8 Å². The molecule has 0 aliphatic carbocycles. The van der Waals surface area contributed by atoms with Crippen molar-refractivity contribution in [2.24, 2.45) is 23.5 Å². The van der Waals surface area contributed by atoms with E-state index in [0.29, 0.717) is 52.7 Å². The number of amides is 4. The van der Waals surface area contributed by atoms with Gasteiger partial charge in [-0.25, -0.2) is 32.6 Å². The highest BCUT2D eigenvalue weighted by Gasteiger charge is 2.45. The van der Waals surface area contributed by atoms with Gasteiger partial charge in [0.2, 0.25) is 38.6 Å². The lowest BCUT2D eigenvalue weighted by Crippen LogP contribution is -2.52. The Bertz CT molecular complexity index is 3010. The normalized spacial score (nSPS) is 16.1. The minimum atomic E-state index is -3.59. The number of aromatic nitrogens is 4. The summed E-state index contributed by atoms with van der Waals surface area (Å²) in [5.74, 6) is -0.209. The van der Waals surface area contributed by atoms with Crippen molar-refractivity contribution in [1.82, 2.24) is 40.4 Å². The number of nitrogens with one attached hydrogen (secondary N) is 3. The molecule has 4 amide bonds. The van der Waals surface area contributed by atoms with Crippen LogP contribution in [0.15, 0.2) is 40.5 Å². The maximum Gasteiger partial charge on any atom is 0.343 e. The van der Waals surface area contributed by atoms with E-state index in [1.165, 1.54) is 23.0 Å². The summed E-state index contributed by atoms with van der Waals surface area (Å²) in [6.07, 6.45) is 6.21. The average molecular weight is 1030 g/mol. The zero-order chi connectivity index (χ0) is 53.4. The number of pyridine rings is 2. The summed E-state index contributed by atoms with van der Waals surface area (Å²) >= 11 is 0. The molecule has 2 aliphatic heterocycles. The van der Waals surface area contributed by atoms with Crippen LogP contribution in [0.1, 0.15) is 99.1 Å². The summed E-state index contributed by atoms with van der Waals surface area (Å²) in [4.78, 5) is 94.3. The van der Waals surface area contributed by atoms with Crippen LogP contribution in [0, 0.1) is 42.3 Å². The number of cyclic esters (lactones) is 1. The molecule has 0 saturated heterocycles. The Balaban J connectivity index is 1.05. The number of sulfone groups is 1. The number of primary amides is 1. The molecule has 1 unspecified atom stereocenters. The Hall–Kier alpha value is -6.67. The van der Waals surface area contributed by atoms with Gasteiger partial charge in [0.25, 0.3) is 5.56 Å². The summed E-state index contributed by atoms with van der Waals surface area (Å²) in [7, 11) is 0.250. The third kappa shape index (κ3) is 13.1. The van der Waals surface area contributed by atoms with Crippen LogP contribution >= 0.6 is 0 Å². The predicted octanol–water partition coefficient (Wildman–Crippen LogP) is 2.28.